The van der Waals surface area contributed by atoms with Crippen LogP contribution in [-0.2, 0) is 6.42 Å². The predicted octanol–water partition coefficient (Wildman–Crippen LogP) is 3.67. The zero-order valence-electron chi connectivity index (χ0n) is 13.5. The van der Waals surface area contributed by atoms with Crippen molar-refractivity contribution in [3.05, 3.63) is 24.2 Å². The van der Waals surface area contributed by atoms with E-state index >= 15 is 0 Å². The Labute approximate surface area is 150 Å². The van der Waals surface area contributed by atoms with Gasteiger partial charge in [0.15, 0.2) is 5.96 Å². The largest absolute Gasteiger partial charge is 0.469 e. The minimum absolute atomic E-state index is 0. The summed E-state index contributed by atoms with van der Waals surface area (Å²) in [6.07, 6.45) is 11.1. The second kappa shape index (κ2) is 8.22. The third kappa shape index (κ3) is 4.18. The van der Waals surface area contributed by atoms with Crippen LogP contribution in [0.5, 0.6) is 0 Å². The minimum Gasteiger partial charge on any atom is -0.469 e. The Morgan fingerprint density at radius 1 is 1.32 bits per heavy atom. The zero-order chi connectivity index (χ0) is 14.5. The average Bonchev–Trinajstić information content (AvgIpc) is 3.15. The second-order valence-electron chi connectivity index (χ2n) is 6.54. The lowest BCUT2D eigenvalue weighted by Crippen LogP contribution is -2.42. The summed E-state index contributed by atoms with van der Waals surface area (Å²) in [6, 6.07) is 3.97. The number of aliphatic imine (C=N–C) groups is 1. The van der Waals surface area contributed by atoms with Gasteiger partial charge in [0, 0.05) is 33.1 Å². The van der Waals surface area contributed by atoms with Crippen LogP contribution >= 0.6 is 24.0 Å². The van der Waals surface area contributed by atoms with Crippen molar-refractivity contribution < 1.29 is 4.42 Å². The van der Waals surface area contributed by atoms with Gasteiger partial charge in [-0.2, -0.15) is 0 Å². The first-order valence-corrected chi connectivity index (χ1v) is 8.29. The van der Waals surface area contributed by atoms with E-state index in [9.17, 15) is 0 Å². The molecule has 2 fully saturated rings. The van der Waals surface area contributed by atoms with E-state index in [1.165, 1.54) is 45.1 Å². The highest BCUT2D eigenvalue weighted by Gasteiger charge is 2.39. The molecule has 0 atom stereocenters. The number of nitrogens with zero attached hydrogens (tertiary/aromatic N) is 2. The number of nitrogens with one attached hydrogen (secondary N) is 1. The summed E-state index contributed by atoms with van der Waals surface area (Å²) in [7, 11) is 1.89. The maximum Gasteiger partial charge on any atom is 0.193 e. The van der Waals surface area contributed by atoms with Crippen LogP contribution < -0.4 is 5.32 Å². The predicted molar refractivity (Wildman–Crippen MR) is 101 cm³/mol. The third-order valence-corrected chi connectivity index (χ3v) is 5.10. The molecule has 0 bridgehead atoms. The van der Waals surface area contributed by atoms with Crippen molar-refractivity contribution in [3.8, 4) is 0 Å². The Morgan fingerprint density at radius 2 is 2.14 bits per heavy atom. The van der Waals surface area contributed by atoms with E-state index in [1.807, 2.05) is 19.2 Å². The molecule has 1 aromatic rings. The average molecular weight is 417 g/mol. The first-order chi connectivity index (χ1) is 10.3. The summed E-state index contributed by atoms with van der Waals surface area (Å²) in [4.78, 5) is 6.92. The maximum atomic E-state index is 5.37. The topological polar surface area (TPSA) is 40.8 Å². The number of furan rings is 1. The molecule has 0 aromatic carbocycles. The molecule has 1 aliphatic heterocycles. The molecule has 1 saturated heterocycles. The molecular formula is C17H28IN3O. The smallest absolute Gasteiger partial charge is 0.193 e. The van der Waals surface area contributed by atoms with E-state index in [0.29, 0.717) is 5.41 Å². The molecule has 2 heterocycles. The first-order valence-electron chi connectivity index (χ1n) is 8.29. The lowest BCUT2D eigenvalue weighted by molar-refractivity contribution is 0.203. The fourth-order valence-corrected chi connectivity index (χ4v) is 3.91. The van der Waals surface area contributed by atoms with Crippen LogP contribution in [0, 0.1) is 5.41 Å². The Balaban J connectivity index is 0.00000176. The molecule has 1 aromatic heterocycles. The van der Waals surface area contributed by atoms with E-state index in [1.54, 1.807) is 6.26 Å². The molecule has 124 valence electrons. The van der Waals surface area contributed by atoms with Gasteiger partial charge in [0.25, 0.3) is 0 Å². The van der Waals surface area contributed by atoms with Crippen molar-refractivity contribution in [1.29, 1.82) is 0 Å². The number of rotatable bonds is 3. The number of halogens is 1. The SMILES string of the molecule is CN=C(NCCc1ccco1)N1CCC2(CCCCC2)C1.I. The Bertz CT molecular complexity index is 466. The highest BCUT2D eigenvalue weighted by molar-refractivity contribution is 14.0. The van der Waals surface area contributed by atoms with Crippen LogP contribution in [0.25, 0.3) is 0 Å². The Kier molecular flexibility index (Phi) is 6.59. The lowest BCUT2D eigenvalue weighted by atomic mass is 9.73. The Morgan fingerprint density at radius 3 is 2.82 bits per heavy atom. The molecule has 22 heavy (non-hydrogen) atoms. The molecule has 0 amide bonds. The molecule has 1 aliphatic carbocycles. The molecule has 3 rings (SSSR count). The molecule has 1 saturated carbocycles. The fraction of sp³-hybridized carbons (Fsp3) is 0.706. The minimum atomic E-state index is 0. The van der Waals surface area contributed by atoms with Crippen molar-refractivity contribution in [2.45, 2.75) is 44.9 Å². The van der Waals surface area contributed by atoms with Gasteiger partial charge in [0.2, 0.25) is 0 Å². The first kappa shape index (κ1) is 17.6. The van der Waals surface area contributed by atoms with Gasteiger partial charge in [-0.15, -0.1) is 24.0 Å². The molecular weight excluding hydrogens is 389 g/mol. The zero-order valence-corrected chi connectivity index (χ0v) is 15.8. The van der Waals surface area contributed by atoms with E-state index in [4.69, 9.17) is 4.42 Å². The van der Waals surface area contributed by atoms with Crippen molar-refractivity contribution in [3.63, 3.8) is 0 Å². The van der Waals surface area contributed by atoms with Crippen LogP contribution in [0.3, 0.4) is 0 Å². The van der Waals surface area contributed by atoms with Crippen molar-refractivity contribution >= 4 is 29.9 Å². The van der Waals surface area contributed by atoms with Gasteiger partial charge in [-0.3, -0.25) is 4.99 Å². The standard InChI is InChI=1S/C17H27N3O.HI/c1-18-16(19-11-7-15-6-5-13-21-15)20-12-10-17(14-20)8-3-2-4-9-17;/h5-6,13H,2-4,7-12,14H2,1H3,(H,18,19);1H. The van der Waals surface area contributed by atoms with Gasteiger partial charge in [-0.25, -0.2) is 0 Å². The van der Waals surface area contributed by atoms with Gasteiger partial charge < -0.3 is 14.6 Å². The van der Waals surface area contributed by atoms with Gasteiger partial charge in [0.05, 0.1) is 6.26 Å². The summed E-state index contributed by atoms with van der Waals surface area (Å²) in [5.41, 5.74) is 0.580. The molecule has 1 spiro atoms. The van der Waals surface area contributed by atoms with Crippen LogP contribution in [0.1, 0.15) is 44.3 Å². The van der Waals surface area contributed by atoms with Gasteiger partial charge in [-0.1, -0.05) is 19.3 Å². The number of guanidine groups is 1. The summed E-state index contributed by atoms with van der Waals surface area (Å²) >= 11 is 0. The van der Waals surface area contributed by atoms with Crippen LogP contribution in [0.4, 0.5) is 0 Å². The lowest BCUT2D eigenvalue weighted by Gasteiger charge is -2.33. The van der Waals surface area contributed by atoms with Crippen molar-refractivity contribution in [2.75, 3.05) is 26.7 Å². The molecule has 5 heteroatoms. The van der Waals surface area contributed by atoms with Crippen molar-refractivity contribution in [2.24, 2.45) is 10.4 Å². The monoisotopic (exact) mass is 417 g/mol. The number of hydrogen-bond acceptors (Lipinski definition) is 2. The van der Waals surface area contributed by atoms with Crippen molar-refractivity contribution in [1.82, 2.24) is 10.2 Å². The molecule has 0 unspecified atom stereocenters. The summed E-state index contributed by atoms with van der Waals surface area (Å²) in [5, 5.41) is 3.49. The molecule has 0 radical (unpaired) electrons. The van der Waals surface area contributed by atoms with E-state index < -0.39 is 0 Å². The third-order valence-electron chi connectivity index (χ3n) is 5.10. The molecule has 1 N–H and O–H groups in total. The van der Waals surface area contributed by atoms with Crippen LogP contribution in [0.15, 0.2) is 27.8 Å². The van der Waals surface area contributed by atoms with Gasteiger partial charge in [-0.05, 0) is 36.8 Å². The Hall–Kier alpha value is -0.720. The highest BCUT2D eigenvalue weighted by atomic mass is 127. The fourth-order valence-electron chi connectivity index (χ4n) is 3.91. The number of hydrogen-bond donors (Lipinski definition) is 1. The summed E-state index contributed by atoms with van der Waals surface area (Å²) in [5.74, 6) is 2.09. The normalized spacial score (nSPS) is 21.0. The van der Waals surface area contributed by atoms with Crippen LogP contribution in [0.2, 0.25) is 0 Å². The summed E-state index contributed by atoms with van der Waals surface area (Å²) < 4.78 is 5.37. The van der Waals surface area contributed by atoms with E-state index in [0.717, 1.165) is 31.2 Å². The molecule has 2 aliphatic rings. The van der Waals surface area contributed by atoms with E-state index in [2.05, 4.69) is 15.2 Å². The quantitative estimate of drug-likeness (QED) is 0.464. The van der Waals surface area contributed by atoms with Gasteiger partial charge >= 0.3 is 0 Å². The van der Waals surface area contributed by atoms with E-state index in [-0.39, 0.29) is 24.0 Å². The maximum absolute atomic E-state index is 5.37. The van der Waals surface area contributed by atoms with Crippen LogP contribution in [-0.4, -0.2) is 37.5 Å². The second-order valence-corrected chi connectivity index (χ2v) is 6.54. The number of likely N-dealkylation sites (tertiary alicyclic amines) is 1. The summed E-state index contributed by atoms with van der Waals surface area (Å²) in [6.45, 7) is 3.22. The molecule has 4 nitrogen and oxygen atoms in total. The highest BCUT2D eigenvalue weighted by Crippen LogP contribution is 2.43. The van der Waals surface area contributed by atoms with Gasteiger partial charge in [0.1, 0.15) is 5.76 Å².